The molecular formula is C14H21NO5S. The third-order valence-electron chi connectivity index (χ3n) is 3.09. The van der Waals surface area contributed by atoms with Crippen LogP contribution in [0.25, 0.3) is 0 Å². The minimum atomic E-state index is -3.77. The maximum absolute atomic E-state index is 12.7. The smallest absolute Gasteiger partial charge is 0.339 e. The second kappa shape index (κ2) is 6.91. The highest BCUT2D eigenvalue weighted by atomic mass is 32.2. The molecule has 1 aromatic rings. The van der Waals surface area contributed by atoms with E-state index in [9.17, 15) is 18.3 Å². The summed E-state index contributed by atoms with van der Waals surface area (Å²) in [6, 6.07) is 2.20. The maximum atomic E-state index is 12.7. The molecule has 0 aliphatic heterocycles. The average molecular weight is 315 g/mol. The van der Waals surface area contributed by atoms with Crippen molar-refractivity contribution in [3.8, 4) is 5.75 Å². The van der Waals surface area contributed by atoms with E-state index in [2.05, 4.69) is 0 Å². The molecule has 0 bridgehead atoms. The summed E-state index contributed by atoms with van der Waals surface area (Å²) in [5, 5.41) is 18.6. The zero-order valence-corrected chi connectivity index (χ0v) is 13.3. The average Bonchev–Trinajstić information content (AvgIpc) is 2.37. The highest BCUT2D eigenvalue weighted by Crippen LogP contribution is 2.27. The molecule has 1 aromatic carbocycles. The molecule has 1 rings (SSSR count). The van der Waals surface area contributed by atoms with Gasteiger partial charge < -0.3 is 10.2 Å². The Kier molecular flexibility index (Phi) is 5.74. The summed E-state index contributed by atoms with van der Waals surface area (Å²) in [6.07, 6.45) is 1.34. The third kappa shape index (κ3) is 3.74. The first-order valence-electron chi connectivity index (χ1n) is 6.82. The fraction of sp³-hybridized carbons (Fsp3) is 0.500. The van der Waals surface area contributed by atoms with Gasteiger partial charge in [-0.3, -0.25) is 0 Å². The Morgan fingerprint density at radius 2 is 1.71 bits per heavy atom. The van der Waals surface area contributed by atoms with Crippen molar-refractivity contribution in [3.05, 3.63) is 23.3 Å². The molecule has 0 unspecified atom stereocenters. The van der Waals surface area contributed by atoms with Gasteiger partial charge in [0.05, 0.1) is 4.90 Å². The topological polar surface area (TPSA) is 94.9 Å². The van der Waals surface area contributed by atoms with Crippen LogP contribution in [0.3, 0.4) is 0 Å². The Balaban J connectivity index is 3.42. The Bertz CT molecular complexity index is 618. The molecule has 21 heavy (non-hydrogen) atoms. The van der Waals surface area contributed by atoms with Crippen LogP contribution in [0.2, 0.25) is 0 Å². The van der Waals surface area contributed by atoms with Crippen LogP contribution in [0.1, 0.15) is 42.6 Å². The van der Waals surface area contributed by atoms with Gasteiger partial charge in [-0.15, -0.1) is 0 Å². The van der Waals surface area contributed by atoms with E-state index in [-0.39, 0.29) is 4.90 Å². The van der Waals surface area contributed by atoms with E-state index in [4.69, 9.17) is 5.11 Å². The van der Waals surface area contributed by atoms with Crippen LogP contribution in [0.4, 0.5) is 0 Å². The SMILES string of the molecule is CCCN(CCC)S(=O)(=O)c1cc(C(=O)O)c(O)cc1C. The summed E-state index contributed by atoms with van der Waals surface area (Å²) in [6.45, 7) is 6.04. The number of rotatable bonds is 7. The zero-order chi connectivity index (χ0) is 16.2. The largest absolute Gasteiger partial charge is 0.507 e. The third-order valence-corrected chi connectivity index (χ3v) is 5.13. The van der Waals surface area contributed by atoms with Gasteiger partial charge in [0, 0.05) is 13.1 Å². The van der Waals surface area contributed by atoms with Crippen LogP contribution in [0.15, 0.2) is 17.0 Å². The van der Waals surface area contributed by atoms with E-state index >= 15 is 0 Å². The Hall–Kier alpha value is -1.60. The van der Waals surface area contributed by atoms with Gasteiger partial charge in [-0.2, -0.15) is 4.31 Å². The quantitative estimate of drug-likeness (QED) is 0.804. The molecule has 6 nitrogen and oxygen atoms in total. The zero-order valence-electron chi connectivity index (χ0n) is 12.5. The molecule has 0 aliphatic carbocycles. The molecule has 0 amide bonds. The molecule has 2 N–H and O–H groups in total. The number of hydrogen-bond donors (Lipinski definition) is 2. The molecule has 0 aliphatic rings. The molecule has 0 saturated heterocycles. The molecule has 0 spiro atoms. The summed E-state index contributed by atoms with van der Waals surface area (Å²) in [5.74, 6) is -1.79. The standard InChI is InChI=1S/C14H21NO5S/c1-4-6-15(7-5-2)21(19,20)13-9-11(14(17)18)12(16)8-10(13)3/h8-9,16H,4-7H2,1-3H3,(H,17,18). The Labute approximate surface area is 125 Å². The van der Waals surface area contributed by atoms with Crippen molar-refractivity contribution in [1.29, 1.82) is 0 Å². The van der Waals surface area contributed by atoms with Crippen molar-refractivity contribution in [2.24, 2.45) is 0 Å². The van der Waals surface area contributed by atoms with Gasteiger partial charge >= 0.3 is 5.97 Å². The number of aromatic carboxylic acids is 1. The highest BCUT2D eigenvalue weighted by molar-refractivity contribution is 7.89. The summed E-state index contributed by atoms with van der Waals surface area (Å²) < 4.78 is 26.7. The minimum Gasteiger partial charge on any atom is -0.507 e. The minimum absolute atomic E-state index is 0.0698. The lowest BCUT2D eigenvalue weighted by Gasteiger charge is -2.22. The molecular weight excluding hydrogens is 294 g/mol. The van der Waals surface area contributed by atoms with Crippen LogP contribution in [0, 0.1) is 6.92 Å². The van der Waals surface area contributed by atoms with Crippen LogP contribution < -0.4 is 0 Å². The fourth-order valence-corrected chi connectivity index (χ4v) is 3.97. The number of benzene rings is 1. The van der Waals surface area contributed by atoms with Crippen molar-refractivity contribution in [3.63, 3.8) is 0 Å². The van der Waals surface area contributed by atoms with Gasteiger partial charge in [0.15, 0.2) is 0 Å². The van der Waals surface area contributed by atoms with Crippen LogP contribution in [0.5, 0.6) is 5.75 Å². The van der Waals surface area contributed by atoms with Crippen LogP contribution >= 0.6 is 0 Å². The normalized spacial score (nSPS) is 11.8. The molecule has 7 heteroatoms. The first kappa shape index (κ1) is 17.5. The number of aromatic hydroxyl groups is 1. The van der Waals surface area contributed by atoms with E-state index in [1.54, 1.807) is 0 Å². The number of carbonyl (C=O) groups is 1. The van der Waals surface area contributed by atoms with Crippen molar-refractivity contribution in [2.45, 2.75) is 38.5 Å². The van der Waals surface area contributed by atoms with Crippen molar-refractivity contribution < 1.29 is 23.4 Å². The first-order chi connectivity index (χ1) is 9.75. The van der Waals surface area contributed by atoms with Crippen molar-refractivity contribution >= 4 is 16.0 Å². The van der Waals surface area contributed by atoms with Crippen molar-refractivity contribution in [2.75, 3.05) is 13.1 Å². The number of aryl methyl sites for hydroxylation is 1. The molecule has 0 atom stereocenters. The maximum Gasteiger partial charge on any atom is 0.339 e. The van der Waals surface area contributed by atoms with E-state index in [0.717, 1.165) is 6.07 Å². The van der Waals surface area contributed by atoms with Gasteiger partial charge in [0.2, 0.25) is 10.0 Å². The second-order valence-electron chi connectivity index (χ2n) is 4.84. The molecule has 0 aromatic heterocycles. The van der Waals surface area contributed by atoms with E-state index in [0.29, 0.717) is 31.5 Å². The lowest BCUT2D eigenvalue weighted by molar-refractivity contribution is 0.0693. The lowest BCUT2D eigenvalue weighted by atomic mass is 10.1. The highest BCUT2D eigenvalue weighted by Gasteiger charge is 2.27. The molecule has 0 radical (unpaired) electrons. The molecule has 0 heterocycles. The number of sulfonamides is 1. The first-order valence-corrected chi connectivity index (χ1v) is 8.26. The molecule has 0 fully saturated rings. The van der Waals surface area contributed by atoms with Crippen molar-refractivity contribution in [1.82, 2.24) is 4.31 Å². The fourth-order valence-electron chi connectivity index (χ4n) is 2.11. The monoisotopic (exact) mass is 315 g/mol. The predicted molar refractivity (Wildman–Crippen MR) is 79.1 cm³/mol. The summed E-state index contributed by atoms with van der Waals surface area (Å²) in [4.78, 5) is 11.0. The summed E-state index contributed by atoms with van der Waals surface area (Å²) >= 11 is 0. The number of carboxylic acids is 1. The molecule has 0 saturated carbocycles. The predicted octanol–water partition coefficient (Wildman–Crippen LogP) is 2.21. The van der Waals surface area contributed by atoms with E-state index in [1.807, 2.05) is 13.8 Å². The number of hydrogen-bond acceptors (Lipinski definition) is 4. The summed E-state index contributed by atoms with van der Waals surface area (Å²) in [5.41, 5.74) is -0.0816. The van der Waals surface area contributed by atoms with Crippen LogP contribution in [-0.2, 0) is 10.0 Å². The van der Waals surface area contributed by atoms with Gasteiger partial charge in [-0.05, 0) is 37.5 Å². The lowest BCUT2D eigenvalue weighted by Crippen LogP contribution is -2.33. The Morgan fingerprint density at radius 1 is 1.19 bits per heavy atom. The van der Waals surface area contributed by atoms with E-state index < -0.39 is 27.3 Å². The van der Waals surface area contributed by atoms with Gasteiger partial charge in [0.25, 0.3) is 0 Å². The molecule has 118 valence electrons. The number of nitrogens with zero attached hydrogens (tertiary/aromatic N) is 1. The van der Waals surface area contributed by atoms with Gasteiger partial charge in [-0.25, -0.2) is 13.2 Å². The number of carboxylic acid groups (broad SMARTS) is 1. The van der Waals surface area contributed by atoms with Gasteiger partial charge in [-0.1, -0.05) is 13.8 Å². The Morgan fingerprint density at radius 3 is 2.14 bits per heavy atom. The van der Waals surface area contributed by atoms with Crippen LogP contribution in [-0.4, -0.2) is 42.0 Å². The van der Waals surface area contributed by atoms with E-state index in [1.165, 1.54) is 17.3 Å². The van der Waals surface area contributed by atoms with Gasteiger partial charge in [0.1, 0.15) is 11.3 Å². The number of phenols is 1. The summed E-state index contributed by atoms with van der Waals surface area (Å²) in [7, 11) is -3.77. The second-order valence-corrected chi connectivity index (χ2v) is 6.75.